The van der Waals surface area contributed by atoms with Crippen LogP contribution in [0.4, 0.5) is 0 Å². The molecule has 0 aliphatic carbocycles. The van der Waals surface area contributed by atoms with Crippen LogP contribution in [-0.2, 0) is 42.9 Å². The third kappa shape index (κ3) is 41.3. The minimum Gasteiger partial charge on any atom is -0.481 e. The molecule has 0 aromatic rings. The van der Waals surface area contributed by atoms with E-state index >= 15 is 0 Å². The van der Waals surface area contributed by atoms with Crippen molar-refractivity contribution in [3.63, 3.8) is 0 Å². The van der Waals surface area contributed by atoms with E-state index in [-0.39, 0.29) is 76.0 Å². The number of carboxylic acid groups (broad SMARTS) is 1. The monoisotopic (exact) mass is 813 g/mol. The van der Waals surface area contributed by atoms with Crippen molar-refractivity contribution in [3.05, 3.63) is 0 Å². The van der Waals surface area contributed by atoms with Crippen molar-refractivity contribution in [2.45, 2.75) is 240 Å². The van der Waals surface area contributed by atoms with E-state index < -0.39 is 11.4 Å². The van der Waals surface area contributed by atoms with Crippen LogP contribution in [0, 0.1) is 5.41 Å². The fraction of sp³-hybridized carbons (Fsp3) is 0.894. The minimum absolute atomic E-state index is 0.169. The summed E-state index contributed by atoms with van der Waals surface area (Å²) in [6.07, 6.45) is 29.9. The van der Waals surface area contributed by atoms with Gasteiger partial charge in [-0.05, 0) is 32.1 Å². The number of esters is 4. The number of carbonyl (C=O) groups is 5. The first-order chi connectivity index (χ1) is 27.6. The molecule has 0 aliphatic heterocycles. The van der Waals surface area contributed by atoms with Crippen LogP contribution in [0.2, 0.25) is 0 Å². The summed E-state index contributed by atoms with van der Waals surface area (Å²) in [5.74, 6) is -2.10. The van der Waals surface area contributed by atoms with Crippen LogP contribution in [-0.4, -0.2) is 61.4 Å². The SMILES string of the molecule is CCCCCCCC(=O)OCC(COC(=O)CCCCCCC)(COC(=O)CCCCCCC)COC(=O)CCCCCCC.CCCCCCCCCC(=O)O. The topological polar surface area (TPSA) is 142 Å². The van der Waals surface area contributed by atoms with Gasteiger partial charge < -0.3 is 24.1 Å². The second kappa shape index (κ2) is 42.9. The molecular weight excluding hydrogens is 725 g/mol. The van der Waals surface area contributed by atoms with E-state index in [0.29, 0.717) is 6.42 Å². The number of aliphatic carboxylic acids is 1. The van der Waals surface area contributed by atoms with E-state index in [1.54, 1.807) is 0 Å². The summed E-state index contributed by atoms with van der Waals surface area (Å²) in [7, 11) is 0. The van der Waals surface area contributed by atoms with E-state index in [0.717, 1.165) is 141 Å². The molecule has 0 saturated carbocycles. The molecule has 0 aliphatic rings. The summed E-state index contributed by atoms with van der Waals surface area (Å²) in [6, 6.07) is 0. The highest BCUT2D eigenvalue weighted by Crippen LogP contribution is 2.24. The molecule has 0 bridgehead atoms. The maximum atomic E-state index is 12.7. The fourth-order valence-electron chi connectivity index (χ4n) is 6.20. The number of rotatable bonds is 40. The molecule has 0 rings (SSSR count). The highest BCUT2D eigenvalue weighted by molar-refractivity contribution is 5.71. The Labute approximate surface area is 349 Å². The lowest BCUT2D eigenvalue weighted by Gasteiger charge is -2.31. The number of carbonyl (C=O) groups excluding carboxylic acids is 4. The van der Waals surface area contributed by atoms with Crippen LogP contribution in [0.15, 0.2) is 0 Å². The van der Waals surface area contributed by atoms with Gasteiger partial charge in [0.1, 0.15) is 31.8 Å². The smallest absolute Gasteiger partial charge is 0.305 e. The standard InChI is InChI=1S/C37H68O8.C10H20O2/c1-5-9-13-17-21-25-33(38)42-29-37(30-43-34(39)26-22-18-14-10-6-2,31-44-35(40)27-23-19-15-11-7-3)32-45-36(41)28-24-20-16-12-8-4;1-2-3-4-5-6-7-8-9-10(11)12/h5-32H2,1-4H3;2-9H2,1H3,(H,11,12). The molecular formula is C47H88O10. The predicted molar refractivity (Wildman–Crippen MR) is 230 cm³/mol. The Morgan fingerprint density at radius 1 is 0.316 bits per heavy atom. The fourth-order valence-corrected chi connectivity index (χ4v) is 6.20. The van der Waals surface area contributed by atoms with Gasteiger partial charge in [-0.25, -0.2) is 0 Å². The second-order valence-electron chi connectivity index (χ2n) is 16.1. The van der Waals surface area contributed by atoms with Gasteiger partial charge in [-0.15, -0.1) is 0 Å². The van der Waals surface area contributed by atoms with E-state index in [2.05, 4.69) is 34.6 Å². The molecule has 0 heterocycles. The predicted octanol–water partition coefficient (Wildman–Crippen LogP) is 12.8. The van der Waals surface area contributed by atoms with Crippen molar-refractivity contribution >= 4 is 29.8 Å². The van der Waals surface area contributed by atoms with Gasteiger partial charge in [-0.3, -0.25) is 24.0 Å². The third-order valence-corrected chi connectivity index (χ3v) is 10.1. The minimum atomic E-state index is -1.18. The van der Waals surface area contributed by atoms with Crippen LogP contribution in [0.3, 0.4) is 0 Å². The number of carboxylic acids is 1. The molecule has 0 unspecified atom stereocenters. The number of hydrogen-bond acceptors (Lipinski definition) is 9. The Morgan fingerprint density at radius 3 is 0.719 bits per heavy atom. The lowest BCUT2D eigenvalue weighted by atomic mass is 9.92. The van der Waals surface area contributed by atoms with Crippen LogP contribution < -0.4 is 0 Å². The van der Waals surface area contributed by atoms with Crippen molar-refractivity contribution in [3.8, 4) is 0 Å². The normalized spacial score (nSPS) is 11.0. The molecule has 0 saturated heterocycles. The van der Waals surface area contributed by atoms with Crippen molar-refractivity contribution in [2.24, 2.45) is 5.41 Å². The van der Waals surface area contributed by atoms with Gasteiger partial charge in [0, 0.05) is 32.1 Å². The zero-order valence-corrected chi connectivity index (χ0v) is 37.6. The zero-order chi connectivity index (χ0) is 42.7. The van der Waals surface area contributed by atoms with Gasteiger partial charge in [0.15, 0.2) is 0 Å². The van der Waals surface area contributed by atoms with Crippen LogP contribution in [0.5, 0.6) is 0 Å². The first-order valence-corrected chi connectivity index (χ1v) is 23.4. The lowest BCUT2D eigenvalue weighted by molar-refractivity contribution is -0.171. The molecule has 0 radical (unpaired) electrons. The highest BCUT2D eigenvalue weighted by Gasteiger charge is 2.38. The molecule has 0 aromatic heterocycles. The molecule has 10 heteroatoms. The Hall–Kier alpha value is -2.65. The summed E-state index contributed by atoms with van der Waals surface area (Å²) in [6.45, 7) is 10.1. The van der Waals surface area contributed by atoms with Crippen LogP contribution >= 0.6 is 0 Å². The van der Waals surface area contributed by atoms with Gasteiger partial charge in [0.2, 0.25) is 0 Å². The van der Waals surface area contributed by atoms with E-state index in [9.17, 15) is 24.0 Å². The summed E-state index contributed by atoms with van der Waals surface area (Å²) >= 11 is 0. The number of hydrogen-bond donors (Lipinski definition) is 1. The largest absolute Gasteiger partial charge is 0.481 e. The zero-order valence-electron chi connectivity index (χ0n) is 37.6. The molecule has 1 N–H and O–H groups in total. The van der Waals surface area contributed by atoms with Crippen molar-refractivity contribution < 1.29 is 48.0 Å². The molecule has 0 spiro atoms. The molecule has 0 fully saturated rings. The number of ether oxygens (including phenoxy) is 4. The average molecular weight is 813 g/mol. The average Bonchev–Trinajstić information content (AvgIpc) is 3.19. The second-order valence-corrected chi connectivity index (χ2v) is 16.1. The lowest BCUT2D eigenvalue weighted by Crippen LogP contribution is -2.44. The Bertz CT molecular complexity index is 840. The van der Waals surface area contributed by atoms with Crippen molar-refractivity contribution in [1.82, 2.24) is 0 Å². The summed E-state index contributed by atoms with van der Waals surface area (Å²) in [5.41, 5.74) is -1.18. The van der Waals surface area contributed by atoms with Gasteiger partial charge in [0.05, 0.1) is 0 Å². The van der Waals surface area contributed by atoms with E-state index in [1.807, 2.05) is 0 Å². The Kier molecular flexibility index (Phi) is 42.5. The highest BCUT2D eigenvalue weighted by atomic mass is 16.6. The summed E-state index contributed by atoms with van der Waals surface area (Å²) in [4.78, 5) is 60.8. The maximum absolute atomic E-state index is 12.7. The Morgan fingerprint density at radius 2 is 0.509 bits per heavy atom. The molecule has 0 atom stereocenters. The molecule has 57 heavy (non-hydrogen) atoms. The quantitative estimate of drug-likeness (QED) is 0.0361. The first-order valence-electron chi connectivity index (χ1n) is 23.4. The van der Waals surface area contributed by atoms with Gasteiger partial charge in [0.25, 0.3) is 0 Å². The molecule has 10 nitrogen and oxygen atoms in total. The van der Waals surface area contributed by atoms with Crippen molar-refractivity contribution in [1.29, 1.82) is 0 Å². The third-order valence-electron chi connectivity index (χ3n) is 10.1. The molecule has 336 valence electrons. The molecule has 0 aromatic carbocycles. The van der Waals surface area contributed by atoms with Crippen LogP contribution in [0.1, 0.15) is 240 Å². The van der Waals surface area contributed by atoms with E-state index in [4.69, 9.17) is 24.1 Å². The Balaban J connectivity index is 0. The maximum Gasteiger partial charge on any atom is 0.305 e. The summed E-state index contributed by atoms with van der Waals surface area (Å²) < 4.78 is 22.7. The van der Waals surface area contributed by atoms with Gasteiger partial charge in [-0.2, -0.15) is 0 Å². The number of unbranched alkanes of at least 4 members (excludes halogenated alkanes) is 22. The first kappa shape index (κ1) is 56.4. The van der Waals surface area contributed by atoms with Gasteiger partial charge in [-0.1, -0.05) is 176 Å². The van der Waals surface area contributed by atoms with Crippen LogP contribution in [0.25, 0.3) is 0 Å². The summed E-state index contributed by atoms with van der Waals surface area (Å²) in [5, 5.41) is 8.35. The van der Waals surface area contributed by atoms with Gasteiger partial charge >= 0.3 is 29.8 Å². The molecule has 0 amide bonds. The van der Waals surface area contributed by atoms with E-state index in [1.165, 1.54) is 32.1 Å². The van der Waals surface area contributed by atoms with Crippen molar-refractivity contribution in [2.75, 3.05) is 26.4 Å².